The zero-order valence-corrected chi connectivity index (χ0v) is 10.4. The molecule has 1 aromatic carbocycles. The van der Waals surface area contributed by atoms with Gasteiger partial charge in [-0.1, -0.05) is 29.3 Å². The number of hydrogen-bond donors (Lipinski definition) is 1. The van der Waals surface area contributed by atoms with Gasteiger partial charge in [0.2, 0.25) is 8.32 Å². The van der Waals surface area contributed by atoms with Gasteiger partial charge >= 0.3 is 7.12 Å². The third-order valence-electron chi connectivity index (χ3n) is 2.40. The normalized spacial score (nSPS) is 18.5. The molecule has 0 unspecified atom stereocenters. The lowest BCUT2D eigenvalue weighted by atomic mass is 9.80. The molecule has 14 heavy (non-hydrogen) atoms. The first kappa shape index (κ1) is 10.5. The van der Waals surface area contributed by atoms with Gasteiger partial charge < -0.3 is 9.37 Å². The van der Waals surface area contributed by atoms with E-state index in [9.17, 15) is 5.02 Å². The molecule has 1 aliphatic rings. The van der Waals surface area contributed by atoms with E-state index < -0.39 is 15.4 Å². The summed E-state index contributed by atoms with van der Waals surface area (Å²) in [7, 11) is -2.91. The molecule has 0 atom stereocenters. The number of benzene rings is 1. The molecule has 2 nitrogen and oxygen atoms in total. The largest absolute Gasteiger partial charge is 0.480 e. The van der Waals surface area contributed by atoms with E-state index in [0.717, 1.165) is 10.6 Å². The van der Waals surface area contributed by atoms with Crippen LogP contribution in [-0.4, -0.2) is 20.5 Å². The fourth-order valence-corrected chi connectivity index (χ4v) is 5.24. The average molecular weight is 247 g/mol. The van der Waals surface area contributed by atoms with Crippen LogP contribution in [-0.2, 0) is 4.34 Å². The maximum absolute atomic E-state index is 9.64. The van der Waals surface area contributed by atoms with Gasteiger partial charge in [-0.15, -0.1) is 0 Å². The van der Waals surface area contributed by atoms with Crippen molar-refractivity contribution in [3.8, 4) is 0 Å². The molecule has 0 spiro atoms. The van der Waals surface area contributed by atoms with Gasteiger partial charge in [-0.3, -0.25) is 0 Å². The number of rotatable bonds is 0. The zero-order chi connectivity index (χ0) is 10.5. The molecule has 0 aromatic heterocycles. The Morgan fingerprint density at radius 1 is 1.36 bits per heavy atom. The van der Waals surface area contributed by atoms with E-state index in [4.69, 9.17) is 27.5 Å². The third-order valence-corrected chi connectivity index (χ3v) is 5.92. The minimum atomic E-state index is -2.07. The lowest BCUT2D eigenvalue weighted by molar-refractivity contribution is 0.441. The molecular formula is C8H9BCl2O2Si. The molecule has 0 bridgehead atoms. The monoisotopic (exact) mass is 246 g/mol. The fraction of sp³-hybridized carbons (Fsp3) is 0.250. The van der Waals surface area contributed by atoms with E-state index in [1.54, 1.807) is 12.1 Å². The molecule has 0 amide bonds. The second-order valence-corrected chi connectivity index (χ2v) is 8.35. The number of fused-ring (bicyclic) bond motifs is 1. The lowest BCUT2D eigenvalue weighted by Crippen LogP contribution is -2.44. The summed E-state index contributed by atoms with van der Waals surface area (Å²) in [4.78, 5) is 0. The molecule has 0 radical (unpaired) electrons. The van der Waals surface area contributed by atoms with Crippen LogP contribution in [0.1, 0.15) is 0 Å². The third kappa shape index (κ3) is 1.42. The van der Waals surface area contributed by atoms with Crippen LogP contribution >= 0.6 is 23.2 Å². The van der Waals surface area contributed by atoms with Crippen molar-refractivity contribution in [2.24, 2.45) is 0 Å². The van der Waals surface area contributed by atoms with Crippen molar-refractivity contribution >= 4 is 49.3 Å². The summed E-state index contributed by atoms with van der Waals surface area (Å²) >= 11 is 12.0. The van der Waals surface area contributed by atoms with Crippen molar-refractivity contribution in [3.05, 3.63) is 22.2 Å². The minimum absolute atomic E-state index is 0.517. The summed E-state index contributed by atoms with van der Waals surface area (Å²) in [6, 6.07) is 3.46. The Morgan fingerprint density at radius 2 is 2.00 bits per heavy atom. The van der Waals surface area contributed by atoms with Crippen LogP contribution in [0.4, 0.5) is 0 Å². The standard InChI is InChI=1S/C8H9BCl2O2Si/c1-14(2)8-5(9(12)13-14)3-4-6(10)7(8)11/h3-4,12H,1-2H3. The molecule has 74 valence electrons. The maximum atomic E-state index is 9.64. The zero-order valence-electron chi connectivity index (χ0n) is 7.84. The highest BCUT2D eigenvalue weighted by atomic mass is 35.5. The van der Waals surface area contributed by atoms with Gasteiger partial charge in [0, 0.05) is 0 Å². The molecule has 1 aliphatic heterocycles. The molecular weight excluding hydrogens is 238 g/mol. The Balaban J connectivity index is 2.70. The predicted octanol–water partition coefficient (Wildman–Crippen LogP) is 1.12. The highest BCUT2D eigenvalue weighted by Gasteiger charge is 2.44. The van der Waals surface area contributed by atoms with Crippen molar-refractivity contribution in [1.82, 2.24) is 0 Å². The fourth-order valence-electron chi connectivity index (χ4n) is 1.78. The van der Waals surface area contributed by atoms with Crippen LogP contribution in [0.5, 0.6) is 0 Å². The SMILES string of the molecule is C[Si]1(C)OB(O)c2ccc(Cl)c(Cl)c21. The Hall–Kier alpha value is 0.00182. The molecule has 0 aliphatic carbocycles. The second kappa shape index (κ2) is 3.25. The summed E-state index contributed by atoms with van der Waals surface area (Å²) in [5, 5.41) is 11.6. The maximum Gasteiger partial charge on any atom is 0.480 e. The molecule has 6 heteroatoms. The first-order valence-corrected chi connectivity index (χ1v) is 7.94. The van der Waals surface area contributed by atoms with Crippen LogP contribution < -0.4 is 10.6 Å². The summed E-state index contributed by atoms with van der Waals surface area (Å²) in [5.41, 5.74) is 0.760. The highest BCUT2D eigenvalue weighted by molar-refractivity contribution is 6.99. The molecule has 2 rings (SSSR count). The topological polar surface area (TPSA) is 29.5 Å². The first-order chi connectivity index (χ1) is 6.43. The van der Waals surface area contributed by atoms with Crippen molar-refractivity contribution in [3.63, 3.8) is 0 Å². The molecule has 1 heterocycles. The molecule has 1 N–H and O–H groups in total. The quantitative estimate of drug-likeness (QED) is 0.696. The Labute approximate surface area is 94.1 Å². The van der Waals surface area contributed by atoms with Gasteiger partial charge in [0.15, 0.2) is 0 Å². The van der Waals surface area contributed by atoms with E-state index in [1.807, 2.05) is 13.1 Å². The highest BCUT2D eigenvalue weighted by Crippen LogP contribution is 2.24. The van der Waals surface area contributed by atoms with Crippen LogP contribution in [0.15, 0.2) is 12.1 Å². The van der Waals surface area contributed by atoms with Crippen LogP contribution in [0, 0.1) is 0 Å². The molecule has 1 aromatic rings. The van der Waals surface area contributed by atoms with Gasteiger partial charge in [0.25, 0.3) is 0 Å². The van der Waals surface area contributed by atoms with Crippen molar-refractivity contribution in [2.45, 2.75) is 13.1 Å². The summed E-state index contributed by atoms with van der Waals surface area (Å²) in [6.45, 7) is 3.98. The second-order valence-electron chi connectivity index (χ2n) is 3.81. The van der Waals surface area contributed by atoms with Gasteiger partial charge in [0.1, 0.15) is 0 Å². The Bertz CT molecular complexity index is 397. The first-order valence-electron chi connectivity index (χ1n) is 4.28. The summed E-state index contributed by atoms with van der Waals surface area (Å²) in [6.07, 6.45) is 0. The van der Waals surface area contributed by atoms with Crippen LogP contribution in [0.3, 0.4) is 0 Å². The van der Waals surface area contributed by atoms with Gasteiger partial charge in [-0.25, -0.2) is 0 Å². The van der Waals surface area contributed by atoms with E-state index in [0.29, 0.717) is 10.0 Å². The molecule has 0 saturated carbocycles. The van der Waals surface area contributed by atoms with Crippen LogP contribution in [0.25, 0.3) is 0 Å². The van der Waals surface area contributed by atoms with Gasteiger partial charge in [0.05, 0.1) is 10.0 Å². The van der Waals surface area contributed by atoms with Gasteiger partial charge in [-0.2, -0.15) is 0 Å². The Morgan fingerprint density at radius 3 is 2.64 bits per heavy atom. The van der Waals surface area contributed by atoms with E-state index in [1.165, 1.54) is 0 Å². The van der Waals surface area contributed by atoms with E-state index >= 15 is 0 Å². The Kier molecular flexibility index (Phi) is 2.44. The van der Waals surface area contributed by atoms with E-state index in [-0.39, 0.29) is 0 Å². The molecule has 0 saturated heterocycles. The smallest absolute Gasteiger partial charge is 0.446 e. The summed E-state index contributed by atoms with van der Waals surface area (Å²) in [5.74, 6) is 0. The number of hydrogen-bond acceptors (Lipinski definition) is 2. The van der Waals surface area contributed by atoms with Gasteiger partial charge in [-0.05, 0) is 29.8 Å². The minimum Gasteiger partial charge on any atom is -0.446 e. The lowest BCUT2D eigenvalue weighted by Gasteiger charge is -2.17. The number of halogens is 2. The van der Waals surface area contributed by atoms with Crippen molar-refractivity contribution < 1.29 is 9.37 Å². The van der Waals surface area contributed by atoms with Crippen molar-refractivity contribution in [1.29, 1.82) is 0 Å². The van der Waals surface area contributed by atoms with Crippen molar-refractivity contribution in [2.75, 3.05) is 0 Å². The molecule has 0 fully saturated rings. The predicted molar refractivity (Wildman–Crippen MR) is 62.3 cm³/mol. The van der Waals surface area contributed by atoms with Crippen LogP contribution in [0.2, 0.25) is 23.1 Å². The van der Waals surface area contributed by atoms with E-state index in [2.05, 4.69) is 0 Å². The average Bonchev–Trinajstić information content (AvgIpc) is 2.29. The summed E-state index contributed by atoms with van der Waals surface area (Å²) < 4.78 is 5.51.